The second-order valence-electron chi connectivity index (χ2n) is 6.96. The Morgan fingerprint density at radius 2 is 1.81 bits per heavy atom. The van der Waals surface area contributed by atoms with Gasteiger partial charge in [-0.25, -0.2) is 0 Å². The number of hydrogen-bond donors (Lipinski definition) is 3. The average Bonchev–Trinajstić information content (AvgIpc) is 2.75. The Balaban J connectivity index is 1.70. The third kappa shape index (κ3) is 6.09. The van der Waals surface area contributed by atoms with E-state index in [-0.39, 0.29) is 34.3 Å². The molecule has 0 atom stereocenters. The molecule has 1 heterocycles. The van der Waals surface area contributed by atoms with Gasteiger partial charge in [0.1, 0.15) is 0 Å². The van der Waals surface area contributed by atoms with Crippen molar-refractivity contribution >= 4 is 58.2 Å². The van der Waals surface area contributed by atoms with Crippen molar-refractivity contribution in [1.82, 2.24) is 15.2 Å². The Kier molecular flexibility index (Phi) is 7.89. The molecule has 8 nitrogen and oxygen atoms in total. The summed E-state index contributed by atoms with van der Waals surface area (Å²) in [6.07, 6.45) is 0. The van der Waals surface area contributed by atoms with Crippen LogP contribution in [0.1, 0.15) is 13.8 Å². The van der Waals surface area contributed by atoms with Gasteiger partial charge in [-0.3, -0.25) is 19.4 Å². The number of carbonyl (C=O) groups excluding carboxylic acids is 2. The lowest BCUT2D eigenvalue weighted by Crippen LogP contribution is -2.20. The summed E-state index contributed by atoms with van der Waals surface area (Å²) in [6, 6.07) is 11.6. The number of thioether (sulfide) groups is 1. The SMILES string of the molecule is CC(C)C(=O)Nc1ccccc1-c1nnc(SCC(=O)Nc2ccc(Cl)cc2Cl)[nH]c1=O. The topological polar surface area (TPSA) is 117 Å². The number of nitrogens with one attached hydrogen (secondary N) is 3. The second kappa shape index (κ2) is 10.6. The molecule has 0 unspecified atom stereocenters. The fourth-order valence-corrected chi connectivity index (χ4v) is 3.61. The smallest absolute Gasteiger partial charge is 0.278 e. The molecule has 3 N–H and O–H groups in total. The van der Waals surface area contributed by atoms with Gasteiger partial charge in [0, 0.05) is 16.5 Å². The van der Waals surface area contributed by atoms with Crippen LogP contribution in [0.25, 0.3) is 11.3 Å². The van der Waals surface area contributed by atoms with Crippen molar-refractivity contribution in [3.8, 4) is 11.3 Å². The normalized spacial score (nSPS) is 10.8. The summed E-state index contributed by atoms with van der Waals surface area (Å²) in [4.78, 5) is 39.5. The van der Waals surface area contributed by atoms with Crippen molar-refractivity contribution in [2.75, 3.05) is 16.4 Å². The van der Waals surface area contributed by atoms with Crippen LogP contribution in [-0.4, -0.2) is 32.7 Å². The molecule has 0 aliphatic carbocycles. The number of carbonyl (C=O) groups is 2. The number of halogens is 2. The largest absolute Gasteiger partial charge is 0.325 e. The third-order valence-electron chi connectivity index (χ3n) is 4.19. The van der Waals surface area contributed by atoms with Crippen LogP contribution in [-0.2, 0) is 9.59 Å². The molecule has 0 radical (unpaired) electrons. The Morgan fingerprint density at radius 3 is 2.50 bits per heavy atom. The summed E-state index contributed by atoms with van der Waals surface area (Å²) in [5, 5.41) is 14.4. The quantitative estimate of drug-likeness (QED) is 0.419. The zero-order valence-electron chi connectivity index (χ0n) is 17.1. The van der Waals surface area contributed by atoms with E-state index in [1.165, 1.54) is 6.07 Å². The third-order valence-corrected chi connectivity index (χ3v) is 5.60. The number of benzene rings is 2. The molecule has 2 amide bonds. The van der Waals surface area contributed by atoms with Gasteiger partial charge in [-0.1, -0.05) is 67.0 Å². The van der Waals surface area contributed by atoms with E-state index in [0.717, 1.165) is 11.8 Å². The molecule has 0 aliphatic heterocycles. The molecule has 166 valence electrons. The maximum atomic E-state index is 12.6. The Morgan fingerprint density at radius 1 is 1.06 bits per heavy atom. The standard InChI is InChI=1S/C21H19Cl2N5O3S/c1-11(2)19(30)25-15-6-4-3-5-13(15)18-20(31)26-21(28-27-18)32-10-17(29)24-16-8-7-12(22)9-14(16)23/h3-9,11H,10H2,1-2H3,(H,24,29)(H,25,30)(H,26,28,31). The first-order valence-corrected chi connectivity index (χ1v) is 11.2. The van der Waals surface area contributed by atoms with E-state index < -0.39 is 5.56 Å². The van der Waals surface area contributed by atoms with Crippen LogP contribution >= 0.6 is 35.0 Å². The van der Waals surface area contributed by atoms with Crippen molar-refractivity contribution in [2.24, 2.45) is 5.92 Å². The number of anilines is 2. The zero-order chi connectivity index (χ0) is 23.3. The van der Waals surface area contributed by atoms with Crippen LogP contribution in [0.3, 0.4) is 0 Å². The monoisotopic (exact) mass is 491 g/mol. The molecule has 0 bridgehead atoms. The summed E-state index contributed by atoms with van der Waals surface area (Å²) in [6.45, 7) is 3.54. The van der Waals surface area contributed by atoms with Crippen molar-refractivity contribution in [3.63, 3.8) is 0 Å². The van der Waals surface area contributed by atoms with Crippen LogP contribution in [0.15, 0.2) is 52.4 Å². The number of aromatic amines is 1. The molecular weight excluding hydrogens is 473 g/mol. The maximum Gasteiger partial charge on any atom is 0.278 e. The van der Waals surface area contributed by atoms with E-state index in [0.29, 0.717) is 27.0 Å². The van der Waals surface area contributed by atoms with Crippen LogP contribution in [0.5, 0.6) is 0 Å². The highest BCUT2D eigenvalue weighted by Gasteiger charge is 2.16. The Labute approximate surface area is 198 Å². The molecule has 2 aromatic carbocycles. The molecule has 0 spiro atoms. The lowest BCUT2D eigenvalue weighted by Gasteiger charge is -2.11. The number of nitrogens with zero attached hydrogens (tertiary/aromatic N) is 2. The maximum absolute atomic E-state index is 12.6. The summed E-state index contributed by atoms with van der Waals surface area (Å²) < 4.78 is 0. The minimum absolute atomic E-state index is 0.0239. The van der Waals surface area contributed by atoms with Gasteiger partial charge in [0.2, 0.25) is 11.8 Å². The molecular formula is C21H19Cl2N5O3S. The summed E-state index contributed by atoms with van der Waals surface area (Å²) in [7, 11) is 0. The van der Waals surface area contributed by atoms with E-state index in [4.69, 9.17) is 23.2 Å². The van der Waals surface area contributed by atoms with E-state index in [2.05, 4.69) is 25.8 Å². The number of amides is 2. The van der Waals surface area contributed by atoms with Gasteiger partial charge in [-0.15, -0.1) is 10.2 Å². The van der Waals surface area contributed by atoms with E-state index >= 15 is 0 Å². The Hall–Kier alpha value is -2.88. The van der Waals surface area contributed by atoms with Crippen LogP contribution < -0.4 is 16.2 Å². The first-order valence-electron chi connectivity index (χ1n) is 9.49. The van der Waals surface area contributed by atoms with E-state index in [1.54, 1.807) is 50.2 Å². The molecule has 32 heavy (non-hydrogen) atoms. The van der Waals surface area contributed by atoms with Crippen LogP contribution in [0.4, 0.5) is 11.4 Å². The lowest BCUT2D eigenvalue weighted by molar-refractivity contribution is -0.119. The molecule has 3 rings (SSSR count). The lowest BCUT2D eigenvalue weighted by atomic mass is 10.1. The number of para-hydroxylation sites is 1. The van der Waals surface area contributed by atoms with Gasteiger partial charge in [-0.05, 0) is 24.3 Å². The molecule has 11 heteroatoms. The first-order chi connectivity index (χ1) is 15.2. The molecule has 0 fully saturated rings. The van der Waals surface area contributed by atoms with Crippen molar-refractivity contribution in [3.05, 3.63) is 62.9 Å². The molecule has 3 aromatic rings. The van der Waals surface area contributed by atoms with Gasteiger partial charge in [-0.2, -0.15) is 0 Å². The van der Waals surface area contributed by atoms with Crippen LogP contribution in [0.2, 0.25) is 10.0 Å². The zero-order valence-corrected chi connectivity index (χ0v) is 19.4. The number of hydrogen-bond acceptors (Lipinski definition) is 6. The van der Waals surface area contributed by atoms with Crippen molar-refractivity contribution in [2.45, 2.75) is 19.0 Å². The minimum atomic E-state index is -0.491. The van der Waals surface area contributed by atoms with Gasteiger partial charge in [0.25, 0.3) is 5.56 Å². The Bertz CT molecular complexity index is 1220. The highest BCUT2D eigenvalue weighted by atomic mass is 35.5. The van der Waals surface area contributed by atoms with Gasteiger partial charge >= 0.3 is 0 Å². The predicted molar refractivity (Wildman–Crippen MR) is 127 cm³/mol. The summed E-state index contributed by atoms with van der Waals surface area (Å²) >= 11 is 12.9. The van der Waals surface area contributed by atoms with Gasteiger partial charge < -0.3 is 10.6 Å². The van der Waals surface area contributed by atoms with E-state index in [1.807, 2.05) is 0 Å². The summed E-state index contributed by atoms with van der Waals surface area (Å²) in [5.74, 6) is -0.766. The van der Waals surface area contributed by atoms with Gasteiger partial charge in [0.15, 0.2) is 10.9 Å². The molecule has 0 saturated heterocycles. The highest BCUT2D eigenvalue weighted by molar-refractivity contribution is 7.99. The van der Waals surface area contributed by atoms with Crippen molar-refractivity contribution in [1.29, 1.82) is 0 Å². The van der Waals surface area contributed by atoms with Crippen LogP contribution in [0, 0.1) is 5.92 Å². The fourth-order valence-electron chi connectivity index (χ4n) is 2.55. The minimum Gasteiger partial charge on any atom is -0.325 e. The number of rotatable bonds is 7. The molecule has 1 aromatic heterocycles. The van der Waals surface area contributed by atoms with Gasteiger partial charge in [0.05, 0.1) is 22.2 Å². The fraction of sp³-hybridized carbons (Fsp3) is 0.190. The second-order valence-corrected chi connectivity index (χ2v) is 8.77. The van der Waals surface area contributed by atoms with Crippen molar-refractivity contribution < 1.29 is 9.59 Å². The number of H-pyrrole nitrogens is 1. The highest BCUT2D eigenvalue weighted by Crippen LogP contribution is 2.26. The molecule has 0 aliphatic rings. The predicted octanol–water partition coefficient (Wildman–Crippen LogP) is 4.46. The average molecular weight is 492 g/mol. The molecule has 0 saturated carbocycles. The number of aromatic nitrogens is 3. The summed E-state index contributed by atoms with van der Waals surface area (Å²) in [5.41, 5.74) is 0.908. The van der Waals surface area contributed by atoms with E-state index in [9.17, 15) is 14.4 Å². The first kappa shape index (κ1) is 23.8.